The van der Waals surface area contributed by atoms with E-state index in [1.807, 2.05) is 43.7 Å². The van der Waals surface area contributed by atoms with Crippen molar-refractivity contribution in [2.75, 3.05) is 70.2 Å². The van der Waals surface area contributed by atoms with E-state index in [-0.39, 0.29) is 6.42 Å². The molecule has 0 radical (unpaired) electrons. The summed E-state index contributed by atoms with van der Waals surface area (Å²) in [4.78, 5) is 27.1. The summed E-state index contributed by atoms with van der Waals surface area (Å²) in [6, 6.07) is 13.3. The summed E-state index contributed by atoms with van der Waals surface area (Å²) in [5.41, 5.74) is 2.60. The average molecular weight is 661 g/mol. The van der Waals surface area contributed by atoms with Gasteiger partial charge < -0.3 is 19.3 Å². The summed E-state index contributed by atoms with van der Waals surface area (Å²) in [7, 11) is -2.02. The number of rotatable bonds is 11. The van der Waals surface area contributed by atoms with Crippen molar-refractivity contribution in [3.63, 3.8) is 0 Å². The first-order chi connectivity index (χ1) is 21.0. The number of anilines is 1. The Hall–Kier alpha value is -2.68. The molecule has 0 bridgehead atoms. The van der Waals surface area contributed by atoms with Crippen molar-refractivity contribution < 1.29 is 19.2 Å². The first-order valence-corrected chi connectivity index (χ1v) is 18.6. The largest absolute Gasteiger partial charge is 0.481 e. The summed E-state index contributed by atoms with van der Waals surface area (Å²) in [6.07, 6.45) is 4.79. The van der Waals surface area contributed by atoms with E-state index in [4.69, 9.17) is 38.0 Å². The molecule has 1 N–H and O–H groups in total. The molecule has 2 aromatic heterocycles. The van der Waals surface area contributed by atoms with Crippen LogP contribution in [0.25, 0.3) is 11.3 Å². The molecule has 0 amide bonds. The first kappa shape index (κ1) is 32.7. The van der Waals surface area contributed by atoms with Gasteiger partial charge in [-0.05, 0) is 87.1 Å². The molecule has 0 aliphatic carbocycles. The summed E-state index contributed by atoms with van der Waals surface area (Å²) < 4.78 is 18.6. The summed E-state index contributed by atoms with van der Waals surface area (Å²) in [5.74, 6) is 1.65. The van der Waals surface area contributed by atoms with Crippen LogP contribution in [0, 0.1) is 5.92 Å². The molecule has 3 aromatic rings. The standard InChI is InChI=1S/C32H40Cl2N5O4P/c1-44(2,42)22-23-5-8-38(9-6-23)21-24-15-29(25-17-26(33)19-27(34)18-25)36-31(16-24)43-28-3-4-30(35-20-28)39-13-11-37(12-14-39)10-7-32(40)41/h3-4,15-20,23H,5-14,21-22H2,1-2H3,(H,40,41). The Balaban J connectivity index is 1.28. The molecule has 1 aromatic carbocycles. The second-order valence-corrected chi connectivity index (χ2v) is 16.6. The van der Waals surface area contributed by atoms with Gasteiger partial charge in [-0.2, -0.15) is 0 Å². The summed E-state index contributed by atoms with van der Waals surface area (Å²) in [6.45, 7) is 10.2. The van der Waals surface area contributed by atoms with Crippen LogP contribution in [-0.2, 0) is 15.9 Å². The third-order valence-electron chi connectivity index (χ3n) is 8.11. The number of carboxylic acid groups (broad SMARTS) is 1. The van der Waals surface area contributed by atoms with E-state index in [0.29, 0.717) is 34.1 Å². The summed E-state index contributed by atoms with van der Waals surface area (Å²) >= 11 is 12.7. The lowest BCUT2D eigenvalue weighted by Gasteiger charge is -2.35. The normalized spacial score (nSPS) is 17.1. The second-order valence-electron chi connectivity index (χ2n) is 12.3. The monoisotopic (exact) mass is 659 g/mol. The van der Waals surface area contributed by atoms with Gasteiger partial charge in [-0.1, -0.05) is 23.2 Å². The van der Waals surface area contributed by atoms with E-state index in [0.717, 1.165) is 87.5 Å². The SMILES string of the molecule is CP(C)(=O)CC1CCN(Cc2cc(Oc3ccc(N4CCN(CCC(=O)O)CC4)nc3)nc(-c3cc(Cl)cc(Cl)c3)c2)CC1. The van der Waals surface area contributed by atoms with Crippen molar-refractivity contribution in [3.8, 4) is 22.9 Å². The van der Waals surface area contributed by atoms with Crippen molar-refractivity contribution in [2.45, 2.75) is 25.8 Å². The molecule has 4 heterocycles. The Morgan fingerprint density at radius 2 is 1.68 bits per heavy atom. The molecule has 0 unspecified atom stereocenters. The van der Waals surface area contributed by atoms with Gasteiger partial charge in [0.25, 0.3) is 0 Å². The van der Waals surface area contributed by atoms with E-state index >= 15 is 0 Å². The fourth-order valence-electron chi connectivity index (χ4n) is 5.95. The minimum atomic E-state index is -2.02. The molecule has 5 rings (SSSR count). The fourth-order valence-corrected chi connectivity index (χ4v) is 8.09. The lowest BCUT2D eigenvalue weighted by atomic mass is 9.98. The third-order valence-corrected chi connectivity index (χ3v) is 9.94. The molecular weight excluding hydrogens is 620 g/mol. The highest BCUT2D eigenvalue weighted by Crippen LogP contribution is 2.41. The van der Waals surface area contributed by atoms with Crippen LogP contribution in [0.15, 0.2) is 48.7 Å². The number of hydrogen-bond donors (Lipinski definition) is 1. The van der Waals surface area contributed by atoms with E-state index in [1.165, 1.54) is 0 Å². The van der Waals surface area contributed by atoms with Crippen LogP contribution < -0.4 is 9.64 Å². The van der Waals surface area contributed by atoms with E-state index in [1.54, 1.807) is 12.3 Å². The molecule has 0 atom stereocenters. The molecule has 44 heavy (non-hydrogen) atoms. The van der Waals surface area contributed by atoms with Crippen molar-refractivity contribution in [1.82, 2.24) is 19.8 Å². The van der Waals surface area contributed by atoms with E-state index < -0.39 is 13.1 Å². The number of aliphatic carboxylic acids is 1. The number of nitrogens with zero attached hydrogens (tertiary/aromatic N) is 5. The predicted octanol–water partition coefficient (Wildman–Crippen LogP) is 6.67. The van der Waals surface area contributed by atoms with Crippen LogP contribution in [0.3, 0.4) is 0 Å². The van der Waals surface area contributed by atoms with Crippen LogP contribution in [0.5, 0.6) is 11.6 Å². The van der Waals surface area contributed by atoms with Gasteiger partial charge in [-0.15, -0.1) is 0 Å². The Morgan fingerprint density at radius 3 is 2.30 bits per heavy atom. The van der Waals surface area contributed by atoms with Gasteiger partial charge >= 0.3 is 5.97 Å². The second kappa shape index (κ2) is 14.6. The zero-order chi connectivity index (χ0) is 31.3. The Labute approximate surface area is 269 Å². The van der Waals surface area contributed by atoms with Crippen LogP contribution in [0.1, 0.15) is 24.8 Å². The number of aromatic nitrogens is 2. The maximum atomic E-state index is 12.3. The van der Waals surface area contributed by atoms with Crippen molar-refractivity contribution in [3.05, 3.63) is 64.3 Å². The van der Waals surface area contributed by atoms with E-state index in [2.05, 4.69) is 25.8 Å². The zero-order valence-electron chi connectivity index (χ0n) is 25.3. The molecule has 2 saturated heterocycles. The lowest BCUT2D eigenvalue weighted by Crippen LogP contribution is -2.47. The lowest BCUT2D eigenvalue weighted by molar-refractivity contribution is -0.137. The van der Waals surface area contributed by atoms with Crippen LogP contribution in [-0.4, -0.2) is 96.1 Å². The number of hydrogen-bond acceptors (Lipinski definition) is 8. The molecule has 0 saturated carbocycles. The van der Waals surface area contributed by atoms with Crippen molar-refractivity contribution in [1.29, 1.82) is 0 Å². The fraction of sp³-hybridized carbons (Fsp3) is 0.469. The molecule has 236 valence electrons. The maximum absolute atomic E-state index is 12.3. The Morgan fingerprint density at radius 1 is 0.977 bits per heavy atom. The van der Waals surface area contributed by atoms with Gasteiger partial charge in [0.15, 0.2) is 0 Å². The number of likely N-dealkylation sites (tertiary alicyclic amines) is 1. The molecule has 9 nitrogen and oxygen atoms in total. The molecule has 2 aliphatic rings. The highest BCUT2D eigenvalue weighted by molar-refractivity contribution is 7.62. The highest BCUT2D eigenvalue weighted by atomic mass is 35.5. The molecule has 0 spiro atoms. The number of pyridine rings is 2. The van der Waals surface area contributed by atoms with Crippen molar-refractivity contribution in [2.24, 2.45) is 5.92 Å². The molecular formula is C32H40Cl2N5O4P. The number of carboxylic acids is 1. The zero-order valence-corrected chi connectivity index (χ0v) is 27.7. The maximum Gasteiger partial charge on any atom is 0.304 e. The van der Waals surface area contributed by atoms with Crippen molar-refractivity contribution >= 4 is 42.1 Å². The van der Waals surface area contributed by atoms with Crippen LogP contribution in [0.4, 0.5) is 5.82 Å². The van der Waals surface area contributed by atoms with Gasteiger partial charge in [0.05, 0.1) is 25.5 Å². The third kappa shape index (κ3) is 9.66. The smallest absolute Gasteiger partial charge is 0.304 e. The van der Waals surface area contributed by atoms with Crippen LogP contribution in [0.2, 0.25) is 10.0 Å². The number of benzene rings is 1. The van der Waals surface area contributed by atoms with Crippen LogP contribution >= 0.6 is 30.3 Å². The first-order valence-electron chi connectivity index (χ1n) is 15.1. The average Bonchev–Trinajstić information content (AvgIpc) is 2.96. The van der Waals surface area contributed by atoms with Gasteiger partial charge in [0.2, 0.25) is 5.88 Å². The quantitative estimate of drug-likeness (QED) is 0.226. The minimum Gasteiger partial charge on any atom is -0.481 e. The highest BCUT2D eigenvalue weighted by Gasteiger charge is 2.24. The van der Waals surface area contributed by atoms with Gasteiger partial charge in [0, 0.05) is 67.1 Å². The molecule has 2 fully saturated rings. The Bertz CT molecular complexity index is 1470. The number of ether oxygens (including phenoxy) is 1. The van der Waals surface area contributed by atoms with Gasteiger partial charge in [0.1, 0.15) is 11.6 Å². The predicted molar refractivity (Wildman–Crippen MR) is 177 cm³/mol. The Kier molecular flexibility index (Phi) is 10.9. The van der Waals surface area contributed by atoms with Gasteiger partial charge in [-0.3, -0.25) is 14.6 Å². The molecule has 12 heteroatoms. The topological polar surface area (TPSA) is 99.1 Å². The molecule has 2 aliphatic heterocycles. The number of piperidine rings is 1. The number of piperazine rings is 1. The number of halogens is 2. The van der Waals surface area contributed by atoms with E-state index in [9.17, 15) is 9.36 Å². The number of carbonyl (C=O) groups is 1. The van der Waals surface area contributed by atoms with Gasteiger partial charge in [-0.25, -0.2) is 9.97 Å². The minimum absolute atomic E-state index is 0.159. The summed E-state index contributed by atoms with van der Waals surface area (Å²) in [5, 5.41) is 10.0.